The Labute approximate surface area is 146 Å². The molecule has 0 aromatic heterocycles. The van der Waals surface area contributed by atoms with Crippen molar-refractivity contribution in [2.24, 2.45) is 11.1 Å². The van der Waals surface area contributed by atoms with Crippen molar-refractivity contribution < 1.29 is 19.1 Å². The number of methoxy groups -OCH3 is 1. The highest BCUT2D eigenvalue weighted by Crippen LogP contribution is 2.45. The van der Waals surface area contributed by atoms with Crippen LogP contribution in [0.15, 0.2) is 24.3 Å². The van der Waals surface area contributed by atoms with Crippen LogP contribution in [-0.2, 0) is 20.8 Å². The Kier molecular flexibility index (Phi) is 4.65. The van der Waals surface area contributed by atoms with Crippen LogP contribution in [-0.4, -0.2) is 48.9 Å². The first-order valence-electron chi connectivity index (χ1n) is 8.46. The summed E-state index contributed by atoms with van der Waals surface area (Å²) in [5.41, 5.74) is 5.38. The Balaban J connectivity index is 1.50. The predicted octanol–water partition coefficient (Wildman–Crippen LogP) is 0.220. The monoisotopic (exact) mass is 345 g/mol. The Morgan fingerprint density at radius 3 is 2.56 bits per heavy atom. The standard InChI is InChI=1S/C18H23N3O4/c1-25-14-4-2-12(3-5-14)6-9-21-11-13(10-15(21)22)20-17(24)18(7-8-18)16(19)23/h2-5,13H,6-11H2,1H3,(H2,19,23)(H,20,24). The Morgan fingerprint density at radius 2 is 2.00 bits per heavy atom. The van der Waals surface area contributed by atoms with Crippen molar-refractivity contribution in [3.63, 3.8) is 0 Å². The quantitative estimate of drug-likeness (QED) is 0.690. The summed E-state index contributed by atoms with van der Waals surface area (Å²) in [5.74, 6) is -0.101. The summed E-state index contributed by atoms with van der Waals surface area (Å²) in [6.07, 6.45) is 2.00. The second-order valence-electron chi connectivity index (χ2n) is 6.76. The molecule has 1 heterocycles. The number of carbonyl (C=O) groups excluding carboxylic acids is 3. The van der Waals surface area contributed by atoms with Crippen LogP contribution < -0.4 is 15.8 Å². The smallest absolute Gasteiger partial charge is 0.235 e. The number of nitrogens with one attached hydrogen (secondary N) is 1. The molecule has 1 saturated heterocycles. The number of carbonyl (C=O) groups is 3. The van der Waals surface area contributed by atoms with Crippen LogP contribution in [0.4, 0.5) is 0 Å². The van der Waals surface area contributed by atoms with E-state index in [9.17, 15) is 14.4 Å². The molecule has 3 N–H and O–H groups in total. The van der Waals surface area contributed by atoms with E-state index < -0.39 is 11.3 Å². The molecule has 2 fully saturated rings. The van der Waals surface area contributed by atoms with E-state index in [4.69, 9.17) is 10.5 Å². The number of rotatable bonds is 7. The van der Waals surface area contributed by atoms with Gasteiger partial charge in [0.15, 0.2) is 0 Å². The molecular weight excluding hydrogens is 322 g/mol. The van der Waals surface area contributed by atoms with E-state index in [-0.39, 0.29) is 24.3 Å². The largest absolute Gasteiger partial charge is 0.497 e. The van der Waals surface area contributed by atoms with Gasteiger partial charge in [0.25, 0.3) is 0 Å². The van der Waals surface area contributed by atoms with Gasteiger partial charge in [-0.15, -0.1) is 0 Å². The van der Waals surface area contributed by atoms with Crippen molar-refractivity contribution in [3.05, 3.63) is 29.8 Å². The van der Waals surface area contributed by atoms with Crippen molar-refractivity contribution in [1.29, 1.82) is 0 Å². The number of benzene rings is 1. The average Bonchev–Trinajstić information content (AvgIpc) is 3.34. The van der Waals surface area contributed by atoms with Gasteiger partial charge in [0, 0.05) is 19.5 Å². The number of primary amides is 1. The van der Waals surface area contributed by atoms with Crippen molar-refractivity contribution in [2.45, 2.75) is 31.7 Å². The number of hydrogen-bond donors (Lipinski definition) is 2. The number of hydrogen-bond acceptors (Lipinski definition) is 4. The molecule has 1 saturated carbocycles. The molecule has 1 aliphatic carbocycles. The van der Waals surface area contributed by atoms with E-state index in [1.165, 1.54) is 0 Å². The van der Waals surface area contributed by atoms with Crippen molar-refractivity contribution in [3.8, 4) is 5.75 Å². The molecule has 3 amide bonds. The number of nitrogens with zero attached hydrogens (tertiary/aromatic N) is 1. The molecular formula is C18H23N3O4. The third-order valence-corrected chi connectivity index (χ3v) is 5.04. The van der Waals surface area contributed by atoms with Gasteiger partial charge >= 0.3 is 0 Å². The molecule has 25 heavy (non-hydrogen) atoms. The normalized spacial score (nSPS) is 21.1. The topological polar surface area (TPSA) is 102 Å². The van der Waals surface area contributed by atoms with Crippen LogP contribution in [0.3, 0.4) is 0 Å². The van der Waals surface area contributed by atoms with Gasteiger partial charge in [0.1, 0.15) is 11.2 Å². The van der Waals surface area contributed by atoms with Crippen molar-refractivity contribution in [1.82, 2.24) is 10.2 Å². The lowest BCUT2D eigenvalue weighted by atomic mass is 10.1. The number of likely N-dealkylation sites (tertiary alicyclic amines) is 1. The molecule has 1 unspecified atom stereocenters. The number of nitrogens with two attached hydrogens (primary N) is 1. The third-order valence-electron chi connectivity index (χ3n) is 5.04. The van der Waals surface area contributed by atoms with Gasteiger partial charge in [-0.2, -0.15) is 0 Å². The molecule has 0 spiro atoms. The highest BCUT2D eigenvalue weighted by atomic mass is 16.5. The number of amides is 3. The lowest BCUT2D eigenvalue weighted by Gasteiger charge is -2.18. The van der Waals surface area contributed by atoms with Gasteiger partial charge in [-0.05, 0) is 37.0 Å². The zero-order valence-corrected chi connectivity index (χ0v) is 14.3. The zero-order chi connectivity index (χ0) is 18.0. The molecule has 2 aliphatic rings. The van der Waals surface area contributed by atoms with Crippen LogP contribution in [0.5, 0.6) is 5.75 Å². The van der Waals surface area contributed by atoms with E-state index in [0.717, 1.165) is 17.7 Å². The van der Waals surface area contributed by atoms with E-state index in [2.05, 4.69) is 5.32 Å². The van der Waals surface area contributed by atoms with Gasteiger partial charge in [-0.25, -0.2) is 0 Å². The predicted molar refractivity (Wildman–Crippen MR) is 90.7 cm³/mol. The van der Waals surface area contributed by atoms with Gasteiger partial charge in [-0.1, -0.05) is 12.1 Å². The Hall–Kier alpha value is -2.57. The summed E-state index contributed by atoms with van der Waals surface area (Å²) in [6, 6.07) is 7.48. The lowest BCUT2D eigenvalue weighted by Crippen LogP contribution is -2.45. The van der Waals surface area contributed by atoms with Crippen LogP contribution >= 0.6 is 0 Å². The third kappa shape index (κ3) is 3.60. The van der Waals surface area contributed by atoms with E-state index in [1.807, 2.05) is 24.3 Å². The second-order valence-corrected chi connectivity index (χ2v) is 6.76. The molecule has 1 aromatic rings. The minimum absolute atomic E-state index is 0.0164. The average molecular weight is 345 g/mol. The fourth-order valence-electron chi connectivity index (χ4n) is 3.18. The lowest BCUT2D eigenvalue weighted by molar-refractivity contribution is -0.135. The summed E-state index contributed by atoms with van der Waals surface area (Å²) in [7, 11) is 1.62. The fourth-order valence-corrected chi connectivity index (χ4v) is 3.18. The maximum Gasteiger partial charge on any atom is 0.235 e. The van der Waals surface area contributed by atoms with E-state index in [1.54, 1.807) is 12.0 Å². The van der Waals surface area contributed by atoms with Crippen LogP contribution in [0, 0.1) is 5.41 Å². The zero-order valence-electron chi connectivity index (χ0n) is 14.3. The van der Waals surface area contributed by atoms with Gasteiger partial charge in [0.2, 0.25) is 17.7 Å². The SMILES string of the molecule is COc1ccc(CCN2CC(NC(=O)C3(C(N)=O)CC3)CC2=O)cc1. The molecule has 0 radical (unpaired) electrons. The molecule has 7 nitrogen and oxygen atoms in total. The molecule has 0 bridgehead atoms. The first-order valence-corrected chi connectivity index (χ1v) is 8.46. The van der Waals surface area contributed by atoms with E-state index >= 15 is 0 Å². The summed E-state index contributed by atoms with van der Waals surface area (Å²) in [4.78, 5) is 37.5. The van der Waals surface area contributed by atoms with E-state index in [0.29, 0.717) is 25.9 Å². The molecule has 1 atom stereocenters. The highest BCUT2D eigenvalue weighted by Gasteiger charge is 2.56. The van der Waals surface area contributed by atoms with Gasteiger partial charge in [-0.3, -0.25) is 14.4 Å². The maximum absolute atomic E-state index is 12.2. The fraction of sp³-hybridized carbons (Fsp3) is 0.500. The summed E-state index contributed by atoms with van der Waals surface area (Å²) in [6.45, 7) is 1.06. The Bertz CT molecular complexity index is 682. The molecule has 1 aliphatic heterocycles. The molecule has 134 valence electrons. The van der Waals surface area contributed by atoms with Crippen LogP contribution in [0.1, 0.15) is 24.8 Å². The molecule has 3 rings (SSSR count). The second kappa shape index (κ2) is 6.74. The first-order chi connectivity index (χ1) is 11.9. The molecule has 7 heteroatoms. The van der Waals surface area contributed by atoms with Gasteiger partial charge < -0.3 is 20.7 Å². The summed E-state index contributed by atoms with van der Waals surface area (Å²) >= 11 is 0. The minimum Gasteiger partial charge on any atom is -0.497 e. The summed E-state index contributed by atoms with van der Waals surface area (Å²) < 4.78 is 5.13. The highest BCUT2D eigenvalue weighted by molar-refractivity contribution is 6.07. The Morgan fingerprint density at radius 1 is 1.32 bits per heavy atom. The van der Waals surface area contributed by atoms with Crippen LogP contribution in [0.25, 0.3) is 0 Å². The first kappa shape index (κ1) is 17.3. The van der Waals surface area contributed by atoms with Crippen LogP contribution in [0.2, 0.25) is 0 Å². The van der Waals surface area contributed by atoms with Crippen molar-refractivity contribution in [2.75, 3.05) is 20.2 Å². The minimum atomic E-state index is -1.04. The number of ether oxygens (including phenoxy) is 1. The van der Waals surface area contributed by atoms with Crippen molar-refractivity contribution >= 4 is 17.7 Å². The van der Waals surface area contributed by atoms with Gasteiger partial charge in [0.05, 0.1) is 13.2 Å². The molecule has 1 aromatic carbocycles. The maximum atomic E-state index is 12.2. The summed E-state index contributed by atoms with van der Waals surface area (Å²) in [5, 5.41) is 2.82.